The monoisotopic (exact) mass is 397 g/mol. The van der Waals surface area contributed by atoms with Crippen molar-refractivity contribution in [3.05, 3.63) is 54.3 Å². The zero-order valence-electron chi connectivity index (χ0n) is 16.9. The van der Waals surface area contributed by atoms with Gasteiger partial charge in [0.25, 0.3) is 5.91 Å². The number of amides is 1. The number of carbonyl (C=O) groups excluding carboxylic acids is 1. The molecular weight excluding hydrogens is 367 g/mol. The van der Waals surface area contributed by atoms with Gasteiger partial charge in [0.1, 0.15) is 5.82 Å². The van der Waals surface area contributed by atoms with Crippen LogP contribution in [0.2, 0.25) is 0 Å². The summed E-state index contributed by atoms with van der Waals surface area (Å²) in [6.45, 7) is 6.28. The van der Waals surface area contributed by atoms with Crippen molar-refractivity contribution in [2.45, 2.75) is 19.3 Å². The lowest BCUT2D eigenvalue weighted by molar-refractivity contribution is -0.892. The van der Waals surface area contributed by atoms with Crippen molar-refractivity contribution in [3.63, 3.8) is 0 Å². The van der Waals surface area contributed by atoms with Crippen LogP contribution in [0.15, 0.2) is 48.5 Å². The number of nitrogens with one attached hydrogen (secondary N) is 2. The van der Waals surface area contributed by atoms with Gasteiger partial charge < -0.3 is 20.0 Å². The summed E-state index contributed by atoms with van der Waals surface area (Å²) in [4.78, 5) is 18.4. The fraction of sp³-hybridized carbons (Fsp3) is 0.435. The minimum absolute atomic E-state index is 0.0564. The maximum Gasteiger partial charge on any atom is 0.279 e. The van der Waals surface area contributed by atoms with Gasteiger partial charge >= 0.3 is 0 Å². The Morgan fingerprint density at radius 2 is 1.38 bits per heavy atom. The molecule has 4 rings (SSSR count). The van der Waals surface area contributed by atoms with Gasteiger partial charge in [-0.2, -0.15) is 0 Å². The Balaban J connectivity index is 1.23. The van der Waals surface area contributed by atoms with Crippen molar-refractivity contribution in [2.75, 3.05) is 60.9 Å². The summed E-state index contributed by atoms with van der Waals surface area (Å²) in [6, 6.07) is 14.9. The highest BCUT2D eigenvalue weighted by Crippen LogP contribution is 2.21. The molecule has 2 aliphatic heterocycles. The number of anilines is 3. The topological polar surface area (TPSA) is 40.0 Å². The van der Waals surface area contributed by atoms with E-state index in [1.807, 2.05) is 24.3 Å². The predicted octanol–water partition coefficient (Wildman–Crippen LogP) is 2.16. The zero-order chi connectivity index (χ0) is 20.1. The van der Waals surface area contributed by atoms with Crippen LogP contribution in [0.4, 0.5) is 21.5 Å². The molecule has 0 aliphatic carbocycles. The second kappa shape index (κ2) is 9.27. The third-order valence-electron chi connectivity index (χ3n) is 5.95. The van der Waals surface area contributed by atoms with Crippen molar-refractivity contribution in [3.8, 4) is 0 Å². The van der Waals surface area contributed by atoms with Crippen LogP contribution in [-0.2, 0) is 4.79 Å². The molecule has 1 amide bonds. The summed E-state index contributed by atoms with van der Waals surface area (Å²) in [5.74, 6) is -0.153. The molecule has 154 valence electrons. The maximum atomic E-state index is 13.1. The third-order valence-corrected chi connectivity index (χ3v) is 5.95. The average Bonchev–Trinajstić information content (AvgIpc) is 2.76. The molecule has 2 fully saturated rings. The lowest BCUT2D eigenvalue weighted by Crippen LogP contribution is -3.15. The quantitative estimate of drug-likeness (QED) is 0.812. The van der Waals surface area contributed by atoms with E-state index in [0.29, 0.717) is 6.54 Å². The smallest absolute Gasteiger partial charge is 0.279 e. The number of piperazine rings is 1. The summed E-state index contributed by atoms with van der Waals surface area (Å²) in [6.07, 6.45) is 3.84. The first-order chi connectivity index (χ1) is 14.2. The SMILES string of the molecule is O=C(C[NH+]1CCN(c2ccc(F)cc2)CC1)Nc1ccc(N2CCCCC2)cc1. The molecule has 2 N–H and O–H groups in total. The van der Waals surface area contributed by atoms with E-state index < -0.39 is 0 Å². The number of hydrogen-bond acceptors (Lipinski definition) is 3. The molecule has 0 atom stereocenters. The summed E-state index contributed by atoms with van der Waals surface area (Å²) < 4.78 is 13.1. The van der Waals surface area contributed by atoms with E-state index in [-0.39, 0.29) is 11.7 Å². The number of quaternary nitrogens is 1. The molecule has 0 unspecified atom stereocenters. The van der Waals surface area contributed by atoms with Gasteiger partial charge in [0, 0.05) is 30.2 Å². The van der Waals surface area contributed by atoms with Crippen LogP contribution in [0.25, 0.3) is 0 Å². The molecule has 2 aromatic carbocycles. The van der Waals surface area contributed by atoms with Crippen molar-refractivity contribution >= 4 is 23.0 Å². The second-order valence-electron chi connectivity index (χ2n) is 8.03. The van der Waals surface area contributed by atoms with Gasteiger partial charge in [-0.25, -0.2) is 4.39 Å². The van der Waals surface area contributed by atoms with E-state index >= 15 is 0 Å². The molecule has 2 aromatic rings. The largest absolute Gasteiger partial charge is 0.372 e. The fourth-order valence-corrected chi connectivity index (χ4v) is 4.25. The molecule has 2 heterocycles. The molecular formula is C23H30FN4O+. The number of halogens is 1. The van der Waals surface area contributed by atoms with Gasteiger partial charge in [0.05, 0.1) is 26.2 Å². The number of nitrogens with zero attached hydrogens (tertiary/aromatic N) is 2. The van der Waals surface area contributed by atoms with E-state index in [1.165, 1.54) is 42.0 Å². The molecule has 0 spiro atoms. The lowest BCUT2D eigenvalue weighted by atomic mass is 10.1. The van der Waals surface area contributed by atoms with Gasteiger partial charge in [-0.1, -0.05) is 0 Å². The van der Waals surface area contributed by atoms with Crippen LogP contribution < -0.4 is 20.0 Å². The molecule has 0 radical (unpaired) electrons. The Kier molecular flexibility index (Phi) is 6.30. The highest BCUT2D eigenvalue weighted by atomic mass is 19.1. The summed E-state index contributed by atoms with van der Waals surface area (Å²) in [7, 11) is 0. The van der Waals surface area contributed by atoms with Gasteiger partial charge in [-0.3, -0.25) is 4.79 Å². The number of piperidine rings is 1. The lowest BCUT2D eigenvalue weighted by Gasteiger charge is -2.33. The minimum Gasteiger partial charge on any atom is -0.372 e. The summed E-state index contributed by atoms with van der Waals surface area (Å²) in [5, 5.41) is 3.03. The highest BCUT2D eigenvalue weighted by molar-refractivity contribution is 5.91. The zero-order valence-corrected chi connectivity index (χ0v) is 16.9. The van der Waals surface area contributed by atoms with Crippen LogP contribution in [0, 0.1) is 5.82 Å². The number of hydrogen-bond donors (Lipinski definition) is 2. The van der Waals surface area contributed by atoms with Gasteiger partial charge in [-0.15, -0.1) is 0 Å². The minimum atomic E-state index is -0.210. The first kappa shape index (κ1) is 19.7. The Morgan fingerprint density at radius 3 is 2.00 bits per heavy atom. The third kappa shape index (κ3) is 5.26. The molecule has 0 saturated carbocycles. The van der Waals surface area contributed by atoms with E-state index in [9.17, 15) is 9.18 Å². The molecule has 5 nitrogen and oxygen atoms in total. The summed E-state index contributed by atoms with van der Waals surface area (Å²) in [5.41, 5.74) is 3.15. The van der Waals surface area contributed by atoms with E-state index in [0.717, 1.165) is 50.6 Å². The molecule has 2 saturated heterocycles. The van der Waals surface area contributed by atoms with Crippen LogP contribution in [0.5, 0.6) is 0 Å². The van der Waals surface area contributed by atoms with Gasteiger partial charge in [0.2, 0.25) is 0 Å². The average molecular weight is 398 g/mol. The molecule has 6 heteroatoms. The Labute approximate surface area is 172 Å². The van der Waals surface area contributed by atoms with Crippen molar-refractivity contribution in [1.29, 1.82) is 0 Å². The van der Waals surface area contributed by atoms with Crippen LogP contribution in [0.1, 0.15) is 19.3 Å². The Morgan fingerprint density at radius 1 is 0.828 bits per heavy atom. The van der Waals surface area contributed by atoms with E-state index in [4.69, 9.17) is 0 Å². The summed E-state index contributed by atoms with van der Waals surface area (Å²) >= 11 is 0. The normalized spacial score (nSPS) is 18.0. The highest BCUT2D eigenvalue weighted by Gasteiger charge is 2.22. The number of carbonyl (C=O) groups is 1. The molecule has 0 bridgehead atoms. The Bertz CT molecular complexity index is 795. The number of rotatable bonds is 5. The fourth-order valence-electron chi connectivity index (χ4n) is 4.25. The molecule has 0 aromatic heterocycles. The number of benzene rings is 2. The van der Waals surface area contributed by atoms with Crippen molar-refractivity contribution < 1.29 is 14.1 Å². The van der Waals surface area contributed by atoms with Crippen LogP contribution in [-0.4, -0.2) is 51.7 Å². The van der Waals surface area contributed by atoms with Crippen LogP contribution in [0.3, 0.4) is 0 Å². The van der Waals surface area contributed by atoms with Crippen LogP contribution >= 0.6 is 0 Å². The van der Waals surface area contributed by atoms with Crippen molar-refractivity contribution in [1.82, 2.24) is 0 Å². The molecule has 29 heavy (non-hydrogen) atoms. The second-order valence-corrected chi connectivity index (χ2v) is 8.03. The van der Waals surface area contributed by atoms with E-state index in [1.54, 1.807) is 0 Å². The van der Waals surface area contributed by atoms with Gasteiger partial charge in [0.15, 0.2) is 6.54 Å². The van der Waals surface area contributed by atoms with Crippen molar-refractivity contribution in [2.24, 2.45) is 0 Å². The van der Waals surface area contributed by atoms with Gasteiger partial charge in [-0.05, 0) is 67.8 Å². The van der Waals surface area contributed by atoms with E-state index in [2.05, 4.69) is 27.2 Å². The maximum absolute atomic E-state index is 13.1. The predicted molar refractivity (Wildman–Crippen MR) is 115 cm³/mol. The first-order valence-corrected chi connectivity index (χ1v) is 10.7. The standard InChI is InChI=1S/C23H29FN4O/c24-19-4-8-21(9-5-19)28-16-14-26(15-17-28)18-23(29)25-20-6-10-22(11-7-20)27-12-2-1-3-13-27/h4-11H,1-3,12-18H2,(H,25,29)/p+1. The Hall–Kier alpha value is -2.60. The molecule has 2 aliphatic rings. The first-order valence-electron chi connectivity index (χ1n) is 10.7.